The van der Waals surface area contributed by atoms with Gasteiger partial charge in [-0.2, -0.15) is 9.57 Å². The van der Waals surface area contributed by atoms with Gasteiger partial charge in [-0.1, -0.05) is 12.1 Å². The molecule has 0 N–H and O–H groups in total. The van der Waals surface area contributed by atoms with Crippen molar-refractivity contribution in [2.24, 2.45) is 0 Å². The van der Waals surface area contributed by atoms with Crippen LogP contribution in [0.25, 0.3) is 0 Å². The van der Waals surface area contributed by atoms with Gasteiger partial charge in [0.2, 0.25) is 10.0 Å². The first-order valence-corrected chi connectivity index (χ1v) is 9.86. The summed E-state index contributed by atoms with van der Waals surface area (Å²) in [6.45, 7) is 1.42. The molecule has 0 bridgehead atoms. The van der Waals surface area contributed by atoms with E-state index in [1.165, 1.54) is 40.7 Å². The average molecular weight is 387 g/mol. The zero-order valence-electron chi connectivity index (χ0n) is 14.5. The predicted molar refractivity (Wildman–Crippen MR) is 97.1 cm³/mol. The van der Waals surface area contributed by atoms with Crippen LogP contribution in [0.15, 0.2) is 53.4 Å². The Balaban J connectivity index is 1.64. The largest absolute Gasteiger partial charge is 0.293 e. The van der Waals surface area contributed by atoms with Gasteiger partial charge in [0.15, 0.2) is 5.78 Å². The van der Waals surface area contributed by atoms with Gasteiger partial charge in [0.05, 0.1) is 17.0 Å². The van der Waals surface area contributed by atoms with Gasteiger partial charge in [-0.25, -0.2) is 12.8 Å². The molecule has 2 aromatic rings. The molecule has 8 heteroatoms. The molecule has 0 amide bonds. The molecular weight excluding hydrogens is 369 g/mol. The van der Waals surface area contributed by atoms with E-state index in [4.69, 9.17) is 5.26 Å². The Kier molecular flexibility index (Phi) is 5.65. The highest BCUT2D eigenvalue weighted by atomic mass is 32.2. The van der Waals surface area contributed by atoms with E-state index in [1.807, 2.05) is 11.0 Å². The minimum Gasteiger partial charge on any atom is -0.293 e. The van der Waals surface area contributed by atoms with Crippen LogP contribution in [0.5, 0.6) is 0 Å². The van der Waals surface area contributed by atoms with Crippen LogP contribution >= 0.6 is 0 Å². The smallest absolute Gasteiger partial charge is 0.244 e. The molecule has 1 aliphatic heterocycles. The SMILES string of the molecule is N#Cc1ccccc1S(=O)(=O)N1CCN(CC(=O)c2ccc(F)cc2)CC1. The number of Topliss-reactive ketones (excluding diaryl/α,β-unsaturated/α-hetero) is 1. The van der Waals surface area contributed by atoms with E-state index in [2.05, 4.69) is 0 Å². The fourth-order valence-corrected chi connectivity index (χ4v) is 4.55. The van der Waals surface area contributed by atoms with Crippen molar-refractivity contribution in [3.63, 3.8) is 0 Å². The first-order chi connectivity index (χ1) is 12.9. The Morgan fingerprint density at radius 3 is 2.30 bits per heavy atom. The molecule has 3 rings (SSSR count). The molecule has 0 atom stereocenters. The lowest BCUT2D eigenvalue weighted by Gasteiger charge is -2.33. The molecule has 6 nitrogen and oxygen atoms in total. The summed E-state index contributed by atoms with van der Waals surface area (Å²) in [6, 6.07) is 13.4. The zero-order chi connectivity index (χ0) is 19.4. The number of sulfonamides is 1. The number of halogens is 1. The van der Waals surface area contributed by atoms with Gasteiger partial charge < -0.3 is 0 Å². The molecule has 0 radical (unpaired) electrons. The van der Waals surface area contributed by atoms with E-state index in [1.54, 1.807) is 12.1 Å². The van der Waals surface area contributed by atoms with Crippen LogP contribution in [0, 0.1) is 17.1 Å². The first-order valence-electron chi connectivity index (χ1n) is 8.42. The molecular formula is C19H18FN3O3S. The van der Waals surface area contributed by atoms with Crippen LogP contribution in [0.1, 0.15) is 15.9 Å². The van der Waals surface area contributed by atoms with Gasteiger partial charge >= 0.3 is 0 Å². The molecule has 27 heavy (non-hydrogen) atoms. The summed E-state index contributed by atoms with van der Waals surface area (Å²) in [5.74, 6) is -0.538. The number of piperazine rings is 1. The van der Waals surface area contributed by atoms with Crippen molar-refractivity contribution < 1.29 is 17.6 Å². The van der Waals surface area contributed by atoms with Crippen molar-refractivity contribution in [3.8, 4) is 6.07 Å². The van der Waals surface area contributed by atoms with E-state index in [-0.39, 0.29) is 35.9 Å². The fraction of sp³-hybridized carbons (Fsp3) is 0.263. The maximum Gasteiger partial charge on any atom is 0.244 e. The van der Waals surface area contributed by atoms with Gasteiger partial charge in [0.25, 0.3) is 0 Å². The minimum atomic E-state index is -3.76. The highest BCUT2D eigenvalue weighted by molar-refractivity contribution is 7.89. The van der Waals surface area contributed by atoms with Crippen LogP contribution in [-0.2, 0) is 10.0 Å². The number of carbonyl (C=O) groups is 1. The number of hydrogen-bond acceptors (Lipinski definition) is 5. The molecule has 1 saturated heterocycles. The molecule has 0 unspecified atom stereocenters. The molecule has 1 heterocycles. The highest BCUT2D eigenvalue weighted by Gasteiger charge is 2.30. The first kappa shape index (κ1) is 19.2. The summed E-state index contributed by atoms with van der Waals surface area (Å²) in [5, 5.41) is 9.14. The Morgan fingerprint density at radius 1 is 1.04 bits per heavy atom. The predicted octanol–water partition coefficient (Wildman–Crippen LogP) is 1.89. The average Bonchev–Trinajstić information content (AvgIpc) is 2.69. The topological polar surface area (TPSA) is 81.5 Å². The summed E-state index contributed by atoms with van der Waals surface area (Å²) in [5.41, 5.74) is 0.542. The number of hydrogen-bond donors (Lipinski definition) is 0. The van der Waals surface area contributed by atoms with Gasteiger partial charge in [-0.3, -0.25) is 9.69 Å². The van der Waals surface area contributed by atoms with Crippen LogP contribution in [0.3, 0.4) is 0 Å². The molecule has 0 aromatic heterocycles. The Morgan fingerprint density at radius 2 is 1.67 bits per heavy atom. The maximum atomic E-state index is 13.0. The van der Waals surface area contributed by atoms with Crippen molar-refractivity contribution in [3.05, 3.63) is 65.5 Å². The summed E-state index contributed by atoms with van der Waals surface area (Å²) in [4.78, 5) is 14.1. The number of benzene rings is 2. The Bertz CT molecular complexity index is 976. The minimum absolute atomic E-state index is 0.00309. The second-order valence-corrected chi connectivity index (χ2v) is 8.12. The van der Waals surface area contributed by atoms with Crippen LogP contribution in [-0.4, -0.2) is 56.1 Å². The van der Waals surface area contributed by atoms with E-state index in [0.29, 0.717) is 18.7 Å². The quantitative estimate of drug-likeness (QED) is 0.732. The summed E-state index contributed by atoms with van der Waals surface area (Å²) < 4.78 is 39.9. The third kappa shape index (κ3) is 4.22. The van der Waals surface area contributed by atoms with E-state index in [0.717, 1.165) is 0 Å². The van der Waals surface area contributed by atoms with Crippen molar-refractivity contribution in [2.75, 3.05) is 32.7 Å². The second-order valence-electron chi connectivity index (χ2n) is 6.22. The van der Waals surface area contributed by atoms with Crippen molar-refractivity contribution in [1.82, 2.24) is 9.21 Å². The van der Waals surface area contributed by atoms with E-state index >= 15 is 0 Å². The third-order valence-electron chi connectivity index (χ3n) is 4.49. The lowest BCUT2D eigenvalue weighted by Crippen LogP contribution is -2.49. The van der Waals surface area contributed by atoms with Crippen molar-refractivity contribution in [2.45, 2.75) is 4.90 Å². The molecule has 0 aliphatic carbocycles. The molecule has 1 fully saturated rings. The standard InChI is InChI=1S/C19H18FN3O3S/c20-17-7-5-15(6-8-17)18(24)14-22-9-11-23(12-10-22)27(25,26)19-4-2-1-3-16(19)13-21/h1-8H,9-12,14H2. The van der Waals surface area contributed by atoms with E-state index in [9.17, 15) is 17.6 Å². The number of ketones is 1. The Hall–Kier alpha value is -2.60. The van der Waals surface area contributed by atoms with Crippen LogP contribution in [0.4, 0.5) is 4.39 Å². The summed E-state index contributed by atoms with van der Waals surface area (Å²) >= 11 is 0. The highest BCUT2D eigenvalue weighted by Crippen LogP contribution is 2.21. The van der Waals surface area contributed by atoms with Gasteiger partial charge in [0.1, 0.15) is 11.9 Å². The van der Waals surface area contributed by atoms with Crippen molar-refractivity contribution >= 4 is 15.8 Å². The number of nitrogens with zero attached hydrogens (tertiary/aromatic N) is 3. The van der Waals surface area contributed by atoms with Crippen LogP contribution in [0.2, 0.25) is 0 Å². The third-order valence-corrected chi connectivity index (χ3v) is 6.45. The molecule has 0 spiro atoms. The Labute approximate surface area is 157 Å². The summed E-state index contributed by atoms with van der Waals surface area (Å²) in [6.07, 6.45) is 0. The lowest BCUT2D eigenvalue weighted by molar-refractivity contribution is 0.0901. The molecule has 0 saturated carbocycles. The normalized spacial score (nSPS) is 16.0. The fourth-order valence-electron chi connectivity index (χ4n) is 2.98. The van der Waals surface area contributed by atoms with Gasteiger partial charge in [-0.15, -0.1) is 0 Å². The van der Waals surface area contributed by atoms with Crippen molar-refractivity contribution in [1.29, 1.82) is 5.26 Å². The van der Waals surface area contributed by atoms with Gasteiger partial charge in [-0.05, 0) is 36.4 Å². The number of rotatable bonds is 5. The molecule has 2 aromatic carbocycles. The zero-order valence-corrected chi connectivity index (χ0v) is 15.3. The molecule has 140 valence electrons. The van der Waals surface area contributed by atoms with E-state index < -0.39 is 15.8 Å². The second kappa shape index (κ2) is 7.96. The number of nitriles is 1. The monoisotopic (exact) mass is 387 g/mol. The number of carbonyl (C=O) groups excluding carboxylic acids is 1. The van der Waals surface area contributed by atoms with Gasteiger partial charge in [0, 0.05) is 31.7 Å². The summed E-state index contributed by atoms with van der Waals surface area (Å²) in [7, 11) is -3.76. The molecule has 1 aliphatic rings. The van der Waals surface area contributed by atoms with Crippen LogP contribution < -0.4 is 0 Å². The lowest BCUT2D eigenvalue weighted by atomic mass is 10.1. The maximum absolute atomic E-state index is 13.0.